The first-order chi connectivity index (χ1) is 20.2. The van der Waals surface area contributed by atoms with E-state index < -0.39 is 11.4 Å². The molecule has 1 unspecified atom stereocenters. The number of fused-ring (bicyclic) bond motifs is 1. The molecule has 8 nitrogen and oxygen atoms in total. The van der Waals surface area contributed by atoms with E-state index in [0.29, 0.717) is 5.56 Å². The number of hydrogen-bond donors (Lipinski definition) is 5. The van der Waals surface area contributed by atoms with Gasteiger partial charge >= 0.3 is 11.9 Å². The second-order valence-electron chi connectivity index (χ2n) is 11.8. The van der Waals surface area contributed by atoms with Crippen molar-refractivity contribution in [1.29, 1.82) is 0 Å². The highest BCUT2D eigenvalue weighted by Crippen LogP contribution is 2.45. The molecule has 7 N–H and O–H groups in total. The van der Waals surface area contributed by atoms with Crippen LogP contribution in [0.2, 0.25) is 0 Å². The van der Waals surface area contributed by atoms with Crippen LogP contribution in [0, 0.1) is 12.3 Å². The number of nitrogen functional groups attached to an aromatic ring is 1. The van der Waals surface area contributed by atoms with E-state index in [4.69, 9.17) is 15.7 Å². The van der Waals surface area contributed by atoms with Gasteiger partial charge in [0.1, 0.15) is 5.69 Å². The van der Waals surface area contributed by atoms with Crippen LogP contribution in [0.4, 0.5) is 11.4 Å². The lowest BCUT2D eigenvalue weighted by Gasteiger charge is -2.35. The van der Waals surface area contributed by atoms with Gasteiger partial charge in [0.2, 0.25) is 0 Å². The van der Waals surface area contributed by atoms with Crippen LogP contribution in [0.5, 0.6) is 0 Å². The summed E-state index contributed by atoms with van der Waals surface area (Å²) in [7, 11) is 1.45. The van der Waals surface area contributed by atoms with Crippen molar-refractivity contribution in [3.05, 3.63) is 93.5 Å². The summed E-state index contributed by atoms with van der Waals surface area (Å²) in [5.41, 5.74) is 11.3. The standard InChI is InChI=1S/C34H44N4O4/c1-22-28(30(34(2,3)33(41)42-4)26-14-13-24-17-19-36-21-27(24)20-26)15-16-29(31(22)38-35)37-18-7-5-6-8-23-9-11-25(12-10-23)32(39)40/h9-16,20,30,36-38H,5-8,17-19,21,35H2,1-4H3,(H,39,40)/p+1. The average Bonchev–Trinajstić information content (AvgIpc) is 2.99. The van der Waals surface area contributed by atoms with E-state index in [2.05, 4.69) is 53.3 Å². The third-order valence-electron chi connectivity index (χ3n) is 8.61. The summed E-state index contributed by atoms with van der Waals surface area (Å²) in [6, 6.07) is 18.0. The van der Waals surface area contributed by atoms with Crippen molar-refractivity contribution >= 4 is 23.3 Å². The number of carboxylic acids is 1. The van der Waals surface area contributed by atoms with Gasteiger partial charge < -0.3 is 25.9 Å². The number of unbranched alkanes of at least 4 members (excludes halogenated alkanes) is 2. The zero-order chi connectivity index (χ0) is 30.3. The fraction of sp³-hybridized carbons (Fsp3) is 0.412. The number of hydrazine groups is 1. The molecule has 1 atom stereocenters. The minimum atomic E-state index is -0.898. The van der Waals surface area contributed by atoms with Gasteiger partial charge in [0.15, 0.2) is 5.69 Å². The van der Waals surface area contributed by atoms with Gasteiger partial charge in [-0.2, -0.15) is 0 Å². The summed E-state index contributed by atoms with van der Waals surface area (Å²) in [4.78, 5) is 24.1. The summed E-state index contributed by atoms with van der Waals surface area (Å²) in [5, 5.41) is 14.7. The van der Waals surface area contributed by atoms with E-state index in [1.165, 1.54) is 18.2 Å². The molecule has 3 aromatic carbocycles. The van der Waals surface area contributed by atoms with Gasteiger partial charge in [-0.25, -0.2) is 4.79 Å². The minimum Gasteiger partial charge on any atom is -0.478 e. The average molecular weight is 574 g/mol. The minimum absolute atomic E-state index is 0.220. The molecule has 0 fully saturated rings. The highest BCUT2D eigenvalue weighted by Gasteiger charge is 2.41. The Bertz CT molecular complexity index is 1400. The number of rotatable bonds is 13. The zero-order valence-corrected chi connectivity index (χ0v) is 25.3. The monoisotopic (exact) mass is 573 g/mol. The predicted molar refractivity (Wildman–Crippen MR) is 166 cm³/mol. The zero-order valence-electron chi connectivity index (χ0n) is 25.3. The Hall–Kier alpha value is -3.72. The Balaban J connectivity index is 1.48. The molecule has 0 aliphatic carbocycles. The second kappa shape index (κ2) is 14.0. The second-order valence-corrected chi connectivity index (χ2v) is 11.8. The molecule has 0 saturated heterocycles. The number of hydrogen-bond acceptors (Lipinski definition) is 6. The number of quaternary nitrogens is 1. The summed E-state index contributed by atoms with van der Waals surface area (Å²) < 4.78 is 5.28. The summed E-state index contributed by atoms with van der Waals surface area (Å²) in [6.07, 6.45) is 5.09. The van der Waals surface area contributed by atoms with Gasteiger partial charge in [-0.05, 0) is 105 Å². The van der Waals surface area contributed by atoms with Crippen molar-refractivity contribution in [3.8, 4) is 0 Å². The SMILES string of the molecule is COC(=O)C(C)(C)C(c1ccc2c(c1)CNCC2)c1ccc([NH2+]CCCCCc2ccc(C(=O)O)cc2)c(NN)c1C. The van der Waals surface area contributed by atoms with Crippen LogP contribution < -0.4 is 21.9 Å². The Morgan fingerprint density at radius 3 is 2.52 bits per heavy atom. The molecule has 0 aromatic heterocycles. The lowest BCUT2D eigenvalue weighted by Crippen LogP contribution is -2.78. The number of esters is 1. The molecule has 42 heavy (non-hydrogen) atoms. The molecular formula is C34H45N4O4+. The molecule has 0 radical (unpaired) electrons. The molecular weight excluding hydrogens is 528 g/mol. The summed E-state index contributed by atoms with van der Waals surface area (Å²) in [6.45, 7) is 8.70. The van der Waals surface area contributed by atoms with Crippen molar-refractivity contribution in [2.45, 2.75) is 65.3 Å². The lowest BCUT2D eigenvalue weighted by molar-refractivity contribution is -0.571. The lowest BCUT2D eigenvalue weighted by atomic mass is 9.69. The Morgan fingerprint density at radius 1 is 1.07 bits per heavy atom. The normalized spacial score (nSPS) is 13.7. The quantitative estimate of drug-likeness (QED) is 0.0666. The molecule has 1 aliphatic rings. The van der Waals surface area contributed by atoms with Gasteiger partial charge in [-0.15, -0.1) is 0 Å². The van der Waals surface area contributed by atoms with E-state index in [1.54, 1.807) is 12.1 Å². The predicted octanol–water partition coefficient (Wildman–Crippen LogP) is 4.56. The molecule has 224 valence electrons. The number of nitrogens with two attached hydrogens (primary N) is 2. The maximum atomic E-state index is 13.1. The van der Waals surface area contributed by atoms with E-state index in [1.807, 2.05) is 26.0 Å². The Kier molecular flexibility index (Phi) is 10.4. The highest BCUT2D eigenvalue weighted by atomic mass is 16.5. The number of aromatic carboxylic acids is 1. The fourth-order valence-electron chi connectivity index (χ4n) is 6.19. The maximum Gasteiger partial charge on any atom is 0.335 e. The number of nitrogens with one attached hydrogen (secondary N) is 2. The van der Waals surface area contributed by atoms with Crippen LogP contribution >= 0.6 is 0 Å². The maximum absolute atomic E-state index is 13.1. The van der Waals surface area contributed by atoms with Gasteiger partial charge in [0.05, 0.1) is 24.6 Å². The number of anilines is 1. The van der Waals surface area contributed by atoms with Gasteiger partial charge in [0, 0.05) is 18.5 Å². The fourth-order valence-corrected chi connectivity index (χ4v) is 6.19. The van der Waals surface area contributed by atoms with E-state index >= 15 is 0 Å². The number of aryl methyl sites for hydroxylation is 1. The van der Waals surface area contributed by atoms with E-state index in [9.17, 15) is 9.59 Å². The van der Waals surface area contributed by atoms with Crippen LogP contribution in [0.1, 0.15) is 82.8 Å². The van der Waals surface area contributed by atoms with Gasteiger partial charge in [-0.1, -0.05) is 36.4 Å². The Morgan fingerprint density at radius 2 is 1.83 bits per heavy atom. The molecule has 0 bridgehead atoms. The van der Waals surface area contributed by atoms with Crippen LogP contribution in [-0.2, 0) is 28.9 Å². The van der Waals surface area contributed by atoms with E-state index in [-0.39, 0.29) is 11.9 Å². The largest absolute Gasteiger partial charge is 0.478 e. The summed E-state index contributed by atoms with van der Waals surface area (Å²) in [5.74, 6) is 4.72. The van der Waals surface area contributed by atoms with E-state index in [0.717, 1.165) is 85.4 Å². The highest BCUT2D eigenvalue weighted by molar-refractivity contribution is 5.87. The van der Waals surface area contributed by atoms with Crippen molar-refractivity contribution < 1.29 is 24.7 Å². The molecule has 8 heteroatoms. The number of ether oxygens (including phenoxy) is 1. The van der Waals surface area contributed by atoms with Crippen LogP contribution in [0.15, 0.2) is 54.6 Å². The van der Waals surface area contributed by atoms with Crippen molar-refractivity contribution in [1.82, 2.24) is 5.32 Å². The number of carbonyl (C=O) groups is 2. The Labute approximate surface area is 249 Å². The first-order valence-electron chi connectivity index (χ1n) is 14.8. The number of methoxy groups -OCH3 is 1. The number of carbonyl (C=O) groups excluding carboxylic acids is 1. The van der Waals surface area contributed by atoms with Crippen LogP contribution in [-0.4, -0.2) is 37.2 Å². The molecule has 0 amide bonds. The van der Waals surface area contributed by atoms with Gasteiger partial charge in [-0.3, -0.25) is 10.6 Å². The molecule has 4 rings (SSSR count). The third-order valence-corrected chi connectivity index (χ3v) is 8.61. The topological polar surface area (TPSA) is 130 Å². The number of carboxylic acid groups (broad SMARTS) is 1. The van der Waals surface area contributed by atoms with Crippen molar-refractivity contribution in [2.24, 2.45) is 11.3 Å². The van der Waals surface area contributed by atoms with Crippen LogP contribution in [0.3, 0.4) is 0 Å². The third kappa shape index (κ3) is 7.01. The molecule has 1 aliphatic heterocycles. The molecule has 3 aromatic rings. The molecule has 0 saturated carbocycles. The molecule has 1 heterocycles. The number of benzene rings is 3. The van der Waals surface area contributed by atoms with Crippen molar-refractivity contribution in [3.63, 3.8) is 0 Å². The molecule has 0 spiro atoms. The first kappa shape index (κ1) is 31.2. The van der Waals surface area contributed by atoms with Gasteiger partial charge in [0.25, 0.3) is 0 Å². The summed E-state index contributed by atoms with van der Waals surface area (Å²) >= 11 is 0. The van der Waals surface area contributed by atoms with Crippen LogP contribution in [0.25, 0.3) is 0 Å². The smallest absolute Gasteiger partial charge is 0.335 e. The first-order valence-corrected chi connectivity index (χ1v) is 14.8. The van der Waals surface area contributed by atoms with Crippen molar-refractivity contribution in [2.75, 3.05) is 25.6 Å².